The van der Waals surface area contributed by atoms with Crippen LogP contribution < -0.4 is 19.1 Å². The standard InChI is InChI=1S/C31H28N2O5S/c1-37-27-18-10-11-19-28(27)38-21-20-32-31(34)30-29(24-14-6-3-7-15-24)25-16-8-9-17-26(25)33(39(30,35)36)22-23-12-4-2-5-13-23/h2-19H,20-22H2,1H3,(H,32,34). The van der Waals surface area contributed by atoms with E-state index in [1.165, 1.54) is 4.31 Å². The van der Waals surface area contributed by atoms with E-state index in [1.54, 1.807) is 31.4 Å². The molecular formula is C31H28N2O5S. The van der Waals surface area contributed by atoms with Crippen LogP contribution in [0.25, 0.3) is 5.57 Å². The minimum atomic E-state index is -4.23. The van der Waals surface area contributed by atoms with Crippen LogP contribution in [0.5, 0.6) is 11.5 Å². The molecule has 39 heavy (non-hydrogen) atoms. The minimum Gasteiger partial charge on any atom is -0.493 e. The van der Waals surface area contributed by atoms with Gasteiger partial charge in [-0.1, -0.05) is 91.0 Å². The number of carbonyl (C=O) groups is 1. The predicted molar refractivity (Wildman–Crippen MR) is 152 cm³/mol. The molecule has 0 fully saturated rings. The molecule has 0 radical (unpaired) electrons. The maximum Gasteiger partial charge on any atom is 0.270 e. The first-order chi connectivity index (χ1) is 19.0. The van der Waals surface area contributed by atoms with Crippen LogP contribution in [0.4, 0.5) is 5.69 Å². The van der Waals surface area contributed by atoms with Crippen LogP contribution >= 0.6 is 0 Å². The summed E-state index contributed by atoms with van der Waals surface area (Å²) in [6.07, 6.45) is 0. The predicted octanol–water partition coefficient (Wildman–Crippen LogP) is 5.00. The van der Waals surface area contributed by atoms with Crippen molar-refractivity contribution in [1.29, 1.82) is 0 Å². The van der Waals surface area contributed by atoms with Crippen LogP contribution in [-0.4, -0.2) is 34.6 Å². The highest BCUT2D eigenvalue weighted by atomic mass is 32.2. The lowest BCUT2D eigenvalue weighted by molar-refractivity contribution is -0.116. The van der Waals surface area contributed by atoms with Crippen LogP contribution in [-0.2, 0) is 21.4 Å². The van der Waals surface area contributed by atoms with Gasteiger partial charge in [-0.2, -0.15) is 0 Å². The third-order valence-electron chi connectivity index (χ3n) is 6.37. The Morgan fingerprint density at radius 1 is 0.795 bits per heavy atom. The highest BCUT2D eigenvalue weighted by Crippen LogP contribution is 2.43. The largest absolute Gasteiger partial charge is 0.493 e. The first-order valence-electron chi connectivity index (χ1n) is 12.5. The molecule has 1 heterocycles. The smallest absolute Gasteiger partial charge is 0.270 e. The van der Waals surface area contributed by atoms with Crippen molar-refractivity contribution in [2.75, 3.05) is 24.6 Å². The average molecular weight is 541 g/mol. The molecule has 0 aromatic heterocycles. The van der Waals surface area contributed by atoms with E-state index in [4.69, 9.17) is 9.47 Å². The van der Waals surface area contributed by atoms with Crippen molar-refractivity contribution in [2.24, 2.45) is 0 Å². The molecule has 4 aromatic carbocycles. The Morgan fingerprint density at radius 2 is 1.41 bits per heavy atom. The summed E-state index contributed by atoms with van der Waals surface area (Å²) in [6.45, 7) is 0.318. The maximum absolute atomic E-state index is 14.2. The summed E-state index contributed by atoms with van der Waals surface area (Å²) in [5, 5.41) is 2.76. The van der Waals surface area contributed by atoms with E-state index in [9.17, 15) is 13.2 Å². The number of benzene rings is 4. The number of nitrogens with zero attached hydrogens (tertiary/aromatic N) is 1. The van der Waals surface area contributed by atoms with E-state index in [1.807, 2.05) is 84.9 Å². The van der Waals surface area contributed by atoms with E-state index < -0.39 is 15.9 Å². The highest BCUT2D eigenvalue weighted by molar-refractivity contribution is 7.97. The zero-order valence-corrected chi connectivity index (χ0v) is 22.2. The molecule has 1 amide bonds. The molecule has 0 bridgehead atoms. The number of ether oxygens (including phenoxy) is 2. The van der Waals surface area contributed by atoms with Crippen LogP contribution in [0.3, 0.4) is 0 Å². The van der Waals surface area contributed by atoms with Crippen LogP contribution in [0.15, 0.2) is 114 Å². The quantitative estimate of drug-likeness (QED) is 0.302. The van der Waals surface area contributed by atoms with E-state index in [0.717, 1.165) is 5.56 Å². The SMILES string of the molecule is COc1ccccc1OCCNC(=O)C1=C(c2ccccc2)c2ccccc2N(Cc2ccccc2)S1(=O)=O. The fourth-order valence-electron chi connectivity index (χ4n) is 4.58. The zero-order valence-electron chi connectivity index (χ0n) is 21.4. The van der Waals surface area contributed by atoms with Gasteiger partial charge in [0.15, 0.2) is 16.4 Å². The minimum absolute atomic E-state index is 0.0932. The summed E-state index contributed by atoms with van der Waals surface area (Å²) in [4.78, 5) is 13.4. The summed E-state index contributed by atoms with van der Waals surface area (Å²) in [7, 11) is -2.68. The molecule has 7 nitrogen and oxygen atoms in total. The van der Waals surface area contributed by atoms with Crippen molar-refractivity contribution < 1.29 is 22.7 Å². The van der Waals surface area contributed by atoms with Gasteiger partial charge >= 0.3 is 0 Å². The number of carbonyl (C=O) groups excluding carboxylic acids is 1. The number of amides is 1. The Labute approximate surface area is 228 Å². The molecule has 0 unspecified atom stereocenters. The van der Waals surface area contributed by atoms with Crippen molar-refractivity contribution in [2.45, 2.75) is 6.54 Å². The molecular weight excluding hydrogens is 512 g/mol. The van der Waals surface area contributed by atoms with Gasteiger partial charge in [0, 0.05) is 11.1 Å². The second kappa shape index (κ2) is 11.4. The summed E-state index contributed by atoms with van der Waals surface area (Å²) >= 11 is 0. The number of hydrogen-bond acceptors (Lipinski definition) is 5. The fourth-order valence-corrected chi connectivity index (χ4v) is 6.33. The third kappa shape index (κ3) is 5.37. The van der Waals surface area contributed by atoms with Gasteiger partial charge < -0.3 is 14.8 Å². The van der Waals surface area contributed by atoms with Crippen LogP contribution in [0, 0.1) is 0 Å². The van der Waals surface area contributed by atoms with Crippen LogP contribution in [0.1, 0.15) is 16.7 Å². The van der Waals surface area contributed by atoms with Gasteiger partial charge in [-0.3, -0.25) is 9.10 Å². The topological polar surface area (TPSA) is 84.9 Å². The zero-order chi connectivity index (χ0) is 27.2. The van der Waals surface area contributed by atoms with Gasteiger partial charge in [0.1, 0.15) is 6.61 Å². The van der Waals surface area contributed by atoms with Crippen molar-refractivity contribution in [3.63, 3.8) is 0 Å². The number of rotatable bonds is 9. The van der Waals surface area contributed by atoms with E-state index in [0.29, 0.717) is 33.9 Å². The van der Waals surface area contributed by atoms with Gasteiger partial charge in [-0.05, 0) is 29.3 Å². The first kappa shape index (κ1) is 26.1. The molecule has 0 spiro atoms. The van der Waals surface area contributed by atoms with Gasteiger partial charge in [-0.25, -0.2) is 8.42 Å². The number of hydrogen-bond donors (Lipinski definition) is 1. The van der Waals surface area contributed by atoms with Crippen molar-refractivity contribution >= 4 is 27.2 Å². The molecule has 4 aromatic rings. The van der Waals surface area contributed by atoms with Crippen LogP contribution in [0.2, 0.25) is 0 Å². The molecule has 8 heteroatoms. The third-order valence-corrected chi connectivity index (χ3v) is 8.18. The van der Waals surface area contributed by atoms with Gasteiger partial charge in [0.25, 0.3) is 15.9 Å². The number of sulfonamides is 1. The monoisotopic (exact) mass is 540 g/mol. The molecule has 1 N–H and O–H groups in total. The summed E-state index contributed by atoms with van der Waals surface area (Å²) in [5.74, 6) is 0.414. The Kier molecular flexibility index (Phi) is 7.65. The van der Waals surface area contributed by atoms with E-state index in [-0.39, 0.29) is 24.6 Å². The lowest BCUT2D eigenvalue weighted by Gasteiger charge is -2.33. The van der Waals surface area contributed by atoms with E-state index >= 15 is 0 Å². The van der Waals surface area contributed by atoms with Gasteiger partial charge in [-0.15, -0.1) is 0 Å². The van der Waals surface area contributed by atoms with Crippen molar-refractivity contribution in [3.05, 3.63) is 131 Å². The van der Waals surface area contributed by atoms with E-state index in [2.05, 4.69) is 5.32 Å². The van der Waals surface area contributed by atoms with Gasteiger partial charge in [0.05, 0.1) is 25.9 Å². The number of anilines is 1. The molecule has 5 rings (SSSR count). The number of para-hydroxylation sites is 3. The lowest BCUT2D eigenvalue weighted by Crippen LogP contribution is -2.42. The fraction of sp³-hybridized carbons (Fsp3) is 0.129. The highest BCUT2D eigenvalue weighted by Gasteiger charge is 2.41. The Bertz CT molecular complexity index is 1600. The van der Waals surface area contributed by atoms with Crippen molar-refractivity contribution in [3.8, 4) is 11.5 Å². The second-order valence-electron chi connectivity index (χ2n) is 8.84. The molecule has 0 saturated heterocycles. The van der Waals surface area contributed by atoms with Gasteiger partial charge in [0.2, 0.25) is 0 Å². The lowest BCUT2D eigenvalue weighted by atomic mass is 9.95. The average Bonchev–Trinajstić information content (AvgIpc) is 2.97. The molecule has 1 aliphatic heterocycles. The summed E-state index contributed by atoms with van der Waals surface area (Å²) < 4.78 is 40.8. The summed E-state index contributed by atoms with van der Waals surface area (Å²) in [6, 6.07) is 32.9. The summed E-state index contributed by atoms with van der Waals surface area (Å²) in [5.41, 5.74) is 3.02. The molecule has 0 atom stereocenters. The number of nitrogens with one attached hydrogen (secondary N) is 1. The Morgan fingerprint density at radius 3 is 2.13 bits per heavy atom. The molecule has 1 aliphatic rings. The second-order valence-corrected chi connectivity index (χ2v) is 10.6. The Balaban J connectivity index is 1.51. The Hall–Kier alpha value is -4.56. The molecule has 198 valence electrons. The maximum atomic E-state index is 14.2. The molecule has 0 saturated carbocycles. The first-order valence-corrected chi connectivity index (χ1v) is 13.9. The normalized spacial score (nSPS) is 13.9. The number of methoxy groups -OCH3 is 1. The van der Waals surface area contributed by atoms with Crippen molar-refractivity contribution in [1.82, 2.24) is 5.32 Å². The molecule has 0 aliphatic carbocycles. The number of fused-ring (bicyclic) bond motifs is 1.